The van der Waals surface area contributed by atoms with Gasteiger partial charge in [0.25, 0.3) is 0 Å². The highest BCUT2D eigenvalue weighted by Crippen LogP contribution is 2.24. The number of pyridine rings is 2. The van der Waals surface area contributed by atoms with Crippen molar-refractivity contribution in [1.29, 1.82) is 0 Å². The van der Waals surface area contributed by atoms with Crippen LogP contribution in [-0.4, -0.2) is 22.2 Å². The van der Waals surface area contributed by atoms with Gasteiger partial charge in [-0.3, -0.25) is 9.97 Å². The van der Waals surface area contributed by atoms with Gasteiger partial charge in [0.15, 0.2) is 5.75 Å². The van der Waals surface area contributed by atoms with Crippen molar-refractivity contribution in [2.45, 2.75) is 6.61 Å². The molecule has 0 aliphatic carbocycles. The lowest BCUT2D eigenvalue weighted by atomic mass is 10.2. The van der Waals surface area contributed by atoms with Gasteiger partial charge in [-0.15, -0.1) is 0 Å². The second-order valence-electron chi connectivity index (χ2n) is 2.92. The molecule has 0 saturated heterocycles. The molecule has 0 unspecified atom stereocenters. The Morgan fingerprint density at radius 1 is 1.40 bits per heavy atom. The van der Waals surface area contributed by atoms with Crippen molar-refractivity contribution < 1.29 is 14.9 Å². The molecule has 0 atom stereocenters. The number of fused-ring (bicyclic) bond motifs is 1. The number of hydrogen-bond donors (Lipinski definition) is 1. The molecule has 15 heavy (non-hydrogen) atoms. The van der Waals surface area contributed by atoms with Crippen LogP contribution in [0.25, 0.3) is 10.9 Å². The van der Waals surface area contributed by atoms with E-state index in [9.17, 15) is 5.11 Å². The molecule has 0 fully saturated rings. The highest BCUT2D eigenvalue weighted by Gasteiger charge is 2.08. The molecule has 78 valence electrons. The summed E-state index contributed by atoms with van der Waals surface area (Å²) in [5, 5.41) is 10.6. The van der Waals surface area contributed by atoms with E-state index in [0.29, 0.717) is 11.2 Å². The topological polar surface area (TPSA) is 64.5 Å². The van der Waals surface area contributed by atoms with E-state index in [1.54, 1.807) is 18.5 Å². The maximum Gasteiger partial charge on any atom is 0.166 e. The number of aromatic nitrogens is 2. The van der Waals surface area contributed by atoms with E-state index in [0.717, 1.165) is 5.39 Å². The molecule has 2 heterocycles. The van der Waals surface area contributed by atoms with Crippen molar-refractivity contribution in [2.75, 3.05) is 7.11 Å². The van der Waals surface area contributed by atoms with Gasteiger partial charge in [-0.2, -0.15) is 0 Å². The molecule has 0 bridgehead atoms. The summed E-state index contributed by atoms with van der Waals surface area (Å²) in [5.74, 6) is 0.0325. The summed E-state index contributed by atoms with van der Waals surface area (Å²) in [4.78, 5) is 17.3. The average Bonchev–Trinajstić information content (AvgIpc) is 2.29. The van der Waals surface area contributed by atoms with Crippen LogP contribution in [0.5, 0.6) is 5.75 Å². The lowest BCUT2D eigenvalue weighted by Crippen LogP contribution is -1.96. The summed E-state index contributed by atoms with van der Waals surface area (Å²) < 4.78 is 0. The molecule has 2 rings (SSSR count). The summed E-state index contributed by atoms with van der Waals surface area (Å²) in [6.07, 6.45) is 3.25. The summed E-state index contributed by atoms with van der Waals surface area (Å²) >= 11 is 0. The third-order valence-electron chi connectivity index (χ3n) is 2.01. The van der Waals surface area contributed by atoms with E-state index >= 15 is 0 Å². The van der Waals surface area contributed by atoms with Gasteiger partial charge in [-0.05, 0) is 12.1 Å². The fourth-order valence-electron chi connectivity index (χ4n) is 1.29. The minimum absolute atomic E-state index is 0.0325. The lowest BCUT2D eigenvalue weighted by Gasteiger charge is -2.05. The van der Waals surface area contributed by atoms with Crippen molar-refractivity contribution in [3.05, 3.63) is 30.2 Å². The fourth-order valence-corrected chi connectivity index (χ4v) is 1.29. The van der Waals surface area contributed by atoms with Crippen molar-refractivity contribution in [3.63, 3.8) is 0 Å². The van der Waals surface area contributed by atoms with Gasteiger partial charge in [-0.25, -0.2) is 9.78 Å². The Balaban J connectivity index is 2.45. The molecule has 5 heteroatoms. The first-order valence-corrected chi connectivity index (χ1v) is 4.40. The summed E-state index contributed by atoms with van der Waals surface area (Å²) in [6, 6.07) is 3.62. The SMILES string of the molecule is COOCc1ncc2cccnc2c1O. The molecule has 0 aromatic carbocycles. The number of hydrogen-bond acceptors (Lipinski definition) is 5. The van der Waals surface area contributed by atoms with Gasteiger partial charge in [0.1, 0.15) is 17.8 Å². The first kappa shape index (κ1) is 9.82. The van der Waals surface area contributed by atoms with Crippen LogP contribution in [0.15, 0.2) is 24.5 Å². The Morgan fingerprint density at radius 3 is 3.07 bits per heavy atom. The van der Waals surface area contributed by atoms with E-state index < -0.39 is 0 Å². The van der Waals surface area contributed by atoms with Gasteiger partial charge in [-0.1, -0.05) is 0 Å². The highest BCUT2D eigenvalue weighted by atomic mass is 17.2. The third kappa shape index (κ3) is 1.88. The smallest absolute Gasteiger partial charge is 0.166 e. The quantitative estimate of drug-likeness (QED) is 0.607. The zero-order valence-electron chi connectivity index (χ0n) is 8.17. The molecule has 0 saturated carbocycles. The van der Waals surface area contributed by atoms with Crippen LogP contribution >= 0.6 is 0 Å². The molecular formula is C10H10N2O3. The minimum atomic E-state index is 0.0325. The molecular weight excluding hydrogens is 196 g/mol. The zero-order chi connectivity index (χ0) is 10.7. The Morgan fingerprint density at radius 2 is 2.27 bits per heavy atom. The van der Waals surface area contributed by atoms with Crippen molar-refractivity contribution in [1.82, 2.24) is 9.97 Å². The summed E-state index contributed by atoms with van der Waals surface area (Å²) in [7, 11) is 1.40. The maximum atomic E-state index is 9.82. The van der Waals surface area contributed by atoms with Gasteiger partial charge in [0, 0.05) is 17.8 Å². The number of aromatic hydroxyl groups is 1. The Kier molecular flexibility index (Phi) is 2.75. The van der Waals surface area contributed by atoms with Crippen LogP contribution in [0, 0.1) is 0 Å². The molecule has 0 spiro atoms. The van der Waals surface area contributed by atoms with Crippen LogP contribution in [0.2, 0.25) is 0 Å². The standard InChI is InChI=1S/C10H10N2O3/c1-14-15-6-8-10(13)9-7(5-12-8)3-2-4-11-9/h2-5,13H,6H2,1H3. The average molecular weight is 206 g/mol. The predicted octanol–water partition coefficient (Wildman–Crippen LogP) is 1.41. The molecule has 5 nitrogen and oxygen atoms in total. The van der Waals surface area contributed by atoms with Crippen molar-refractivity contribution >= 4 is 10.9 Å². The number of nitrogens with zero attached hydrogens (tertiary/aromatic N) is 2. The lowest BCUT2D eigenvalue weighted by molar-refractivity contribution is -0.283. The minimum Gasteiger partial charge on any atom is -0.504 e. The first-order valence-electron chi connectivity index (χ1n) is 4.40. The molecule has 0 radical (unpaired) electrons. The van der Waals surface area contributed by atoms with Gasteiger partial charge in [0.2, 0.25) is 0 Å². The zero-order valence-corrected chi connectivity index (χ0v) is 8.17. The van der Waals surface area contributed by atoms with E-state index in [1.807, 2.05) is 6.07 Å². The van der Waals surface area contributed by atoms with Crippen LogP contribution in [0.3, 0.4) is 0 Å². The number of rotatable bonds is 3. The molecule has 2 aromatic heterocycles. The van der Waals surface area contributed by atoms with Crippen LogP contribution in [0.4, 0.5) is 0 Å². The fraction of sp³-hybridized carbons (Fsp3) is 0.200. The van der Waals surface area contributed by atoms with Gasteiger partial charge < -0.3 is 5.11 Å². The monoisotopic (exact) mass is 206 g/mol. The second kappa shape index (κ2) is 4.20. The summed E-state index contributed by atoms with van der Waals surface area (Å²) in [5.41, 5.74) is 0.922. The Hall–Kier alpha value is -1.72. The van der Waals surface area contributed by atoms with E-state index in [1.165, 1.54) is 7.11 Å². The maximum absolute atomic E-state index is 9.82. The van der Waals surface area contributed by atoms with Crippen molar-refractivity contribution in [3.8, 4) is 5.75 Å². The van der Waals surface area contributed by atoms with E-state index in [4.69, 9.17) is 4.89 Å². The molecule has 1 N–H and O–H groups in total. The molecule has 2 aromatic rings. The predicted molar refractivity (Wildman–Crippen MR) is 53.0 cm³/mol. The first-order chi connectivity index (χ1) is 7.33. The summed E-state index contributed by atoms with van der Waals surface area (Å²) in [6.45, 7) is 0.0921. The second-order valence-corrected chi connectivity index (χ2v) is 2.92. The third-order valence-corrected chi connectivity index (χ3v) is 2.01. The highest BCUT2D eigenvalue weighted by molar-refractivity contribution is 5.83. The van der Waals surface area contributed by atoms with Crippen LogP contribution in [-0.2, 0) is 16.4 Å². The van der Waals surface area contributed by atoms with Crippen molar-refractivity contribution in [2.24, 2.45) is 0 Å². The Labute approximate surface area is 86.2 Å². The van der Waals surface area contributed by atoms with Crippen LogP contribution in [0.1, 0.15) is 5.69 Å². The van der Waals surface area contributed by atoms with Crippen LogP contribution < -0.4 is 0 Å². The molecule has 0 aliphatic rings. The molecule has 0 aliphatic heterocycles. The van der Waals surface area contributed by atoms with Gasteiger partial charge >= 0.3 is 0 Å². The molecule has 0 amide bonds. The van der Waals surface area contributed by atoms with E-state index in [2.05, 4.69) is 14.9 Å². The largest absolute Gasteiger partial charge is 0.504 e. The normalized spacial score (nSPS) is 10.7. The van der Waals surface area contributed by atoms with Gasteiger partial charge in [0.05, 0.1) is 7.11 Å². The Bertz CT molecular complexity index is 473. The van der Waals surface area contributed by atoms with E-state index in [-0.39, 0.29) is 12.4 Å².